The highest BCUT2D eigenvalue weighted by molar-refractivity contribution is 7.86. The summed E-state index contributed by atoms with van der Waals surface area (Å²) >= 11 is 0. The van der Waals surface area contributed by atoms with Crippen molar-refractivity contribution >= 4 is 16.1 Å². The Hall–Kier alpha value is -1.60. The van der Waals surface area contributed by atoms with Gasteiger partial charge in [-0.2, -0.15) is 13.2 Å². The summed E-state index contributed by atoms with van der Waals surface area (Å²) in [5, 5.41) is 9.50. The van der Waals surface area contributed by atoms with Crippen LogP contribution in [0.4, 0.5) is 4.79 Å². The number of quaternary nitrogens is 1. The van der Waals surface area contributed by atoms with Gasteiger partial charge in [-0.3, -0.25) is 0 Å². The molecule has 110 valence electrons. The fourth-order valence-electron chi connectivity index (χ4n) is 2.73. The topological polar surface area (TPSA) is 80.7 Å². The number of carbonyl (C=O) groups is 1. The SMILES string of the molecule is COc1ccc(S(=O)(=O)[N+]2(C(=O)O)CCC[C@H]2C)cc1. The number of likely N-dealkylation sites (tertiary alicyclic amines) is 1. The van der Waals surface area contributed by atoms with E-state index < -0.39 is 26.0 Å². The first-order valence-electron chi connectivity index (χ1n) is 6.37. The van der Waals surface area contributed by atoms with E-state index in [0.29, 0.717) is 18.6 Å². The van der Waals surface area contributed by atoms with Crippen molar-refractivity contribution in [1.29, 1.82) is 0 Å². The first-order valence-corrected chi connectivity index (χ1v) is 7.81. The lowest BCUT2D eigenvalue weighted by Crippen LogP contribution is -2.58. The van der Waals surface area contributed by atoms with Crippen molar-refractivity contribution in [2.24, 2.45) is 0 Å². The summed E-state index contributed by atoms with van der Waals surface area (Å²) < 4.78 is 29.6. The van der Waals surface area contributed by atoms with Gasteiger partial charge in [-0.1, -0.05) is 0 Å². The molecule has 0 saturated carbocycles. The lowest BCUT2D eigenvalue weighted by Gasteiger charge is -2.30. The maximum absolute atomic E-state index is 12.8. The molecule has 0 radical (unpaired) electrons. The molecule has 1 saturated heterocycles. The van der Waals surface area contributed by atoms with Crippen LogP contribution in [0.5, 0.6) is 5.75 Å². The normalized spacial score (nSPS) is 26.4. The molecular weight excluding hydrogens is 282 g/mol. The monoisotopic (exact) mass is 300 g/mol. The third kappa shape index (κ3) is 1.97. The predicted molar refractivity (Wildman–Crippen MR) is 72.0 cm³/mol. The van der Waals surface area contributed by atoms with Crippen molar-refractivity contribution in [1.82, 2.24) is 0 Å². The van der Waals surface area contributed by atoms with Gasteiger partial charge >= 0.3 is 16.1 Å². The average molecular weight is 300 g/mol. The van der Waals surface area contributed by atoms with Gasteiger partial charge in [0.15, 0.2) is 0 Å². The zero-order valence-electron chi connectivity index (χ0n) is 11.4. The number of sulfonamides is 1. The number of benzene rings is 1. The molecule has 1 N–H and O–H groups in total. The molecule has 1 unspecified atom stereocenters. The molecule has 0 aliphatic carbocycles. The highest BCUT2D eigenvalue weighted by Gasteiger charge is 2.57. The van der Waals surface area contributed by atoms with Gasteiger partial charge in [-0.15, -0.1) is 3.89 Å². The quantitative estimate of drug-likeness (QED) is 0.864. The Balaban J connectivity index is 2.54. The molecule has 20 heavy (non-hydrogen) atoms. The van der Waals surface area contributed by atoms with E-state index in [1.807, 2.05) is 0 Å². The molecule has 1 aliphatic heterocycles. The zero-order chi connectivity index (χ0) is 15.0. The van der Waals surface area contributed by atoms with Gasteiger partial charge in [-0.05, 0) is 31.2 Å². The van der Waals surface area contributed by atoms with E-state index in [4.69, 9.17) is 4.74 Å². The van der Waals surface area contributed by atoms with E-state index in [0.717, 1.165) is 0 Å². The second kappa shape index (κ2) is 5.06. The van der Waals surface area contributed by atoms with Gasteiger partial charge in [0.1, 0.15) is 23.2 Å². The van der Waals surface area contributed by atoms with E-state index in [-0.39, 0.29) is 11.4 Å². The number of nitrogens with zero attached hydrogens (tertiary/aromatic N) is 1. The Morgan fingerprint density at radius 3 is 2.35 bits per heavy atom. The standard InChI is InChI=1S/C13H17NO5S/c1-10-4-3-9-14(10,13(15)16)20(17,18)12-7-5-11(19-2)6-8-12/h5-8,10H,3-4,9H2,1-2H3/p+1/t10-,14?/m1/s1. The van der Waals surface area contributed by atoms with E-state index in [9.17, 15) is 18.3 Å². The number of rotatable bonds is 3. The minimum absolute atomic E-state index is 0.00875. The first kappa shape index (κ1) is 14.8. The summed E-state index contributed by atoms with van der Waals surface area (Å²) in [5.74, 6) is 0.528. The molecule has 0 spiro atoms. The van der Waals surface area contributed by atoms with Gasteiger partial charge in [0, 0.05) is 12.8 Å². The van der Waals surface area contributed by atoms with Gasteiger partial charge in [-0.25, -0.2) is 0 Å². The largest absolute Gasteiger partial charge is 0.529 e. The van der Waals surface area contributed by atoms with Crippen molar-refractivity contribution in [2.45, 2.75) is 30.7 Å². The molecule has 2 atom stereocenters. The van der Waals surface area contributed by atoms with E-state index in [1.165, 1.54) is 31.4 Å². The lowest BCUT2D eigenvalue weighted by atomic mass is 10.2. The van der Waals surface area contributed by atoms with E-state index in [2.05, 4.69) is 0 Å². The molecule has 6 nitrogen and oxygen atoms in total. The Labute approximate surface area is 118 Å². The van der Waals surface area contributed by atoms with E-state index >= 15 is 0 Å². The summed E-state index contributed by atoms with van der Waals surface area (Å²) in [6.45, 7) is 1.77. The molecule has 1 aromatic carbocycles. The van der Waals surface area contributed by atoms with Crippen molar-refractivity contribution in [3.8, 4) is 5.75 Å². The Kier molecular flexibility index (Phi) is 3.75. The number of hydrogen-bond acceptors (Lipinski definition) is 4. The Morgan fingerprint density at radius 2 is 1.95 bits per heavy atom. The molecule has 0 bridgehead atoms. The molecule has 0 aromatic heterocycles. The van der Waals surface area contributed by atoms with Crippen LogP contribution in [0.1, 0.15) is 19.8 Å². The van der Waals surface area contributed by atoms with Crippen molar-refractivity contribution in [3.63, 3.8) is 0 Å². The zero-order valence-corrected chi connectivity index (χ0v) is 12.3. The van der Waals surface area contributed by atoms with Crippen LogP contribution in [0, 0.1) is 0 Å². The highest BCUT2D eigenvalue weighted by Crippen LogP contribution is 2.36. The number of ether oxygens (including phenoxy) is 1. The summed E-state index contributed by atoms with van der Waals surface area (Å²) in [6, 6.07) is 5.36. The van der Waals surface area contributed by atoms with Crippen LogP contribution in [0.15, 0.2) is 29.2 Å². The van der Waals surface area contributed by atoms with Crippen LogP contribution in [0.25, 0.3) is 0 Å². The number of hydrogen-bond donors (Lipinski definition) is 1. The van der Waals surface area contributed by atoms with Crippen molar-refractivity contribution in [3.05, 3.63) is 24.3 Å². The summed E-state index contributed by atoms with van der Waals surface area (Å²) in [6.07, 6.45) is -0.143. The smallest absolute Gasteiger partial charge is 0.497 e. The molecule has 1 amide bonds. The van der Waals surface area contributed by atoms with Crippen LogP contribution in [0.3, 0.4) is 0 Å². The van der Waals surface area contributed by atoms with Crippen LogP contribution >= 0.6 is 0 Å². The minimum atomic E-state index is -3.99. The fraction of sp³-hybridized carbons (Fsp3) is 0.462. The first-order chi connectivity index (χ1) is 9.36. The van der Waals surface area contributed by atoms with Gasteiger partial charge in [0.25, 0.3) is 0 Å². The average Bonchev–Trinajstić information content (AvgIpc) is 2.82. The van der Waals surface area contributed by atoms with Crippen LogP contribution in [-0.2, 0) is 10.0 Å². The van der Waals surface area contributed by atoms with Gasteiger partial charge < -0.3 is 9.84 Å². The summed E-state index contributed by atoms with van der Waals surface area (Å²) in [4.78, 5) is 11.7. The molecular formula is C13H18NO5S+. The lowest BCUT2D eigenvalue weighted by molar-refractivity contribution is -0.741. The summed E-state index contributed by atoms with van der Waals surface area (Å²) in [7, 11) is -2.51. The number of methoxy groups -OCH3 is 1. The van der Waals surface area contributed by atoms with Crippen LogP contribution in [-0.4, -0.2) is 43.2 Å². The van der Waals surface area contributed by atoms with Crippen LogP contribution in [0.2, 0.25) is 0 Å². The van der Waals surface area contributed by atoms with Gasteiger partial charge in [0.2, 0.25) is 0 Å². The number of carboxylic acid groups (broad SMARTS) is 1. The molecule has 1 heterocycles. The molecule has 1 fully saturated rings. The maximum Gasteiger partial charge on any atom is 0.529 e. The third-order valence-electron chi connectivity index (χ3n) is 3.93. The maximum atomic E-state index is 12.8. The van der Waals surface area contributed by atoms with Crippen molar-refractivity contribution in [2.75, 3.05) is 13.7 Å². The minimum Gasteiger partial charge on any atom is -0.497 e. The summed E-state index contributed by atoms with van der Waals surface area (Å²) in [5.41, 5.74) is 0. The van der Waals surface area contributed by atoms with Gasteiger partial charge in [0.05, 0.1) is 7.11 Å². The highest BCUT2D eigenvalue weighted by atomic mass is 32.2. The van der Waals surface area contributed by atoms with Crippen LogP contribution < -0.4 is 4.74 Å². The number of amides is 1. The van der Waals surface area contributed by atoms with E-state index in [1.54, 1.807) is 6.92 Å². The van der Waals surface area contributed by atoms with Crippen molar-refractivity contribution < 1.29 is 26.9 Å². The predicted octanol–water partition coefficient (Wildman–Crippen LogP) is 2.06. The Bertz CT molecular complexity index is 610. The second-order valence-electron chi connectivity index (χ2n) is 4.94. The molecule has 2 rings (SSSR count). The Morgan fingerprint density at radius 1 is 1.35 bits per heavy atom. The molecule has 1 aromatic rings. The second-order valence-corrected chi connectivity index (χ2v) is 7.02. The molecule has 1 aliphatic rings. The molecule has 7 heteroatoms. The fourth-order valence-corrected chi connectivity index (χ4v) is 4.74. The third-order valence-corrected chi connectivity index (χ3v) is 6.36.